The molecular formula is C51H49F9N24O21. The van der Waals surface area contributed by atoms with Gasteiger partial charge in [0.15, 0.2) is 107 Å². The maximum Gasteiger partial charge on any atom is 0.351 e. The van der Waals surface area contributed by atoms with E-state index >= 15 is 0 Å². The number of terminal acetylenes is 2. The number of aromatic amines is 3. The monoisotopic (exact) mass is 1500 g/mol. The lowest BCUT2D eigenvalue weighted by Crippen LogP contribution is -2.44. The van der Waals surface area contributed by atoms with Gasteiger partial charge in [0.25, 0.3) is 11.1 Å². The lowest BCUT2D eigenvalue weighted by atomic mass is 9.98. The minimum Gasteiger partial charge on any atom is -0.393 e. The van der Waals surface area contributed by atoms with Crippen LogP contribution in [-0.4, -0.2) is 242 Å². The summed E-state index contributed by atoms with van der Waals surface area (Å²) in [5.41, 5.74) is 12.5. The van der Waals surface area contributed by atoms with E-state index in [-0.39, 0.29) is 22.3 Å². The summed E-state index contributed by atoms with van der Waals surface area (Å²) in [4.78, 5) is 101. The number of nitrogen functional groups attached to an aromatic ring is 1. The summed E-state index contributed by atoms with van der Waals surface area (Å²) in [5, 5.41) is 104. The predicted molar refractivity (Wildman–Crippen MR) is 318 cm³/mol. The van der Waals surface area contributed by atoms with Crippen LogP contribution in [0.5, 0.6) is 0 Å². The lowest BCUT2D eigenvalue weighted by Gasteiger charge is -2.23. The fourth-order valence-corrected chi connectivity index (χ4v) is 10.4. The van der Waals surface area contributed by atoms with Gasteiger partial charge in [0, 0.05) is 27.0 Å². The molecule has 0 aliphatic carbocycles. The van der Waals surface area contributed by atoms with Crippen LogP contribution in [-0.2, 0) is 23.7 Å². The number of anilines is 1. The van der Waals surface area contributed by atoms with Crippen LogP contribution in [0.25, 0.3) is 53.7 Å². The number of rotatable bonds is 13. The molecule has 0 bridgehead atoms. The Morgan fingerprint density at radius 3 is 1.39 bits per heavy atom. The van der Waals surface area contributed by atoms with E-state index in [1.54, 1.807) is 4.98 Å². The summed E-state index contributed by atoms with van der Waals surface area (Å²) < 4.78 is 153. The fourth-order valence-electron chi connectivity index (χ4n) is 10.4. The molecule has 5 aliphatic rings. The Kier molecular flexibility index (Phi) is 23.7. The number of nitrogens with one attached hydrogen (secondary N) is 3. The molecule has 5 aliphatic heterocycles. The highest BCUT2D eigenvalue weighted by Crippen LogP contribution is 2.44. The van der Waals surface area contributed by atoms with E-state index in [1.807, 2.05) is 15.9 Å². The van der Waals surface area contributed by atoms with Crippen LogP contribution in [0.15, 0.2) is 87.7 Å². The maximum atomic E-state index is 14.3. The Balaban J connectivity index is 0.000000166. The normalized spacial score (nSPS) is 32.1. The Morgan fingerprint density at radius 2 is 0.952 bits per heavy atom. The molecule has 0 radical (unpaired) electrons. The van der Waals surface area contributed by atoms with Gasteiger partial charge < -0.3 is 80.5 Å². The molecule has 0 spiro atoms. The molecule has 5 fully saturated rings. The van der Waals surface area contributed by atoms with Gasteiger partial charge in [-0.25, -0.2) is 65.5 Å². The van der Waals surface area contributed by atoms with Crippen molar-refractivity contribution in [1.82, 2.24) is 67.7 Å². The Hall–Kier alpha value is -11.2. The molecular weight excluding hydrogens is 1460 g/mol. The lowest BCUT2D eigenvalue weighted by molar-refractivity contribution is -0.124. The number of H-pyrrole nitrogens is 3. The molecule has 7 aromatic rings. The van der Waals surface area contributed by atoms with Gasteiger partial charge in [-0.3, -0.25) is 47.4 Å². The van der Waals surface area contributed by atoms with E-state index in [0.29, 0.717) is 26.1 Å². The number of halogens is 9. The third-order valence-electron chi connectivity index (χ3n) is 15.9. The van der Waals surface area contributed by atoms with Crippen LogP contribution >= 0.6 is 0 Å². The molecule has 45 nitrogen and oxygen atoms in total. The summed E-state index contributed by atoms with van der Waals surface area (Å²) in [6.45, 7) is -4.69. The number of alkyl halides is 5. The van der Waals surface area contributed by atoms with Crippen molar-refractivity contribution < 1.29 is 114 Å². The van der Waals surface area contributed by atoms with Crippen LogP contribution in [0.2, 0.25) is 0 Å². The first-order valence-electron chi connectivity index (χ1n) is 28.6. The van der Waals surface area contributed by atoms with Crippen molar-refractivity contribution in [2.45, 2.75) is 121 Å². The van der Waals surface area contributed by atoms with Crippen LogP contribution in [0.4, 0.5) is 45.3 Å². The minimum atomic E-state index is -2.36. The van der Waals surface area contributed by atoms with E-state index in [1.165, 1.54) is 0 Å². The van der Waals surface area contributed by atoms with Crippen LogP contribution in [0.3, 0.4) is 0 Å². The average Bonchev–Trinajstić information content (AvgIpc) is 1.30. The van der Waals surface area contributed by atoms with E-state index in [9.17, 15) is 104 Å². The second-order valence-electron chi connectivity index (χ2n) is 21.9. The first-order valence-corrected chi connectivity index (χ1v) is 28.6. The molecule has 20 unspecified atom stereocenters. The van der Waals surface area contributed by atoms with Crippen LogP contribution in [0, 0.1) is 48.2 Å². The number of hydrogen-bond acceptors (Lipinski definition) is 31. The minimum absolute atomic E-state index is 0.00638. The molecule has 12 rings (SSSR count). The van der Waals surface area contributed by atoms with E-state index in [4.69, 9.17) is 74.2 Å². The number of imidazole rings is 2. The topological polar surface area (TPSA) is 673 Å². The highest BCUT2D eigenvalue weighted by molar-refractivity contribution is 5.70. The smallest absolute Gasteiger partial charge is 0.351 e. The quantitative estimate of drug-likeness (QED) is 0.0129. The Bertz CT molecular complexity index is 5020. The van der Waals surface area contributed by atoms with E-state index in [0.717, 1.165) is 40.4 Å². The van der Waals surface area contributed by atoms with Crippen molar-refractivity contribution >= 4 is 28.1 Å². The van der Waals surface area contributed by atoms with Gasteiger partial charge in [-0.1, -0.05) is 27.2 Å². The Morgan fingerprint density at radius 1 is 0.533 bits per heavy atom. The number of aliphatic hydroxyl groups excluding tert-OH is 10. The van der Waals surface area contributed by atoms with Crippen molar-refractivity contribution in [1.29, 1.82) is 0 Å². The van der Waals surface area contributed by atoms with E-state index in [2.05, 4.69) is 65.9 Å². The summed E-state index contributed by atoms with van der Waals surface area (Å²) in [5.74, 6) is -1.01. The number of fused-ring (bicyclic) bond motifs is 2. The first-order chi connectivity index (χ1) is 49.6. The van der Waals surface area contributed by atoms with Gasteiger partial charge in [0.05, 0.1) is 58.1 Å². The number of azide groups is 3. The van der Waals surface area contributed by atoms with Crippen molar-refractivity contribution in [3.8, 4) is 24.7 Å². The maximum absolute atomic E-state index is 14.3. The molecule has 105 heavy (non-hydrogen) atoms. The molecule has 0 amide bonds. The standard InChI is InChI=1S/C12H10F2N4O4.C12H10F2N4O3.C9H10F2N6O4.C9H9F2N5O5.C9H10FN5O5/c1-2-12(3-19)7(20)5(13)10(22-12)18-4-15-6-8(14)16-11(21)17-9(6)18;1-2-12(3-19)8(20)6(13)11(21-12)18-5-17-7-9(14)15-4-16-10(7)18;10-3-1-17(8(20)14-6(3)12)7-4(11)5(19)9(2-18,21-7)15-16-13;10-3-1-16(8(20)13-6(3)19)7-4(11)5(18)9(2-17,21-7)14-15-12;10-5-6(18)9(3-16,13-14-11)20-7(5)15-2-1-4(17)12-8(15)19/h1,4-5,7,10,19-20H,3H2,(H,16,17,21);1,4-6,8,11,19-20H,3H2;1,4-5,7,18-19H,2H2,(H2,12,14,20);1,4-5,7,17-18H,2H2,(H,13,19,20);1-2,5-7,16,18H,3H2,(H,12,17,19). The molecule has 7 aromatic heterocycles. The van der Waals surface area contributed by atoms with Crippen molar-refractivity contribution in [3.05, 3.63) is 161 Å². The van der Waals surface area contributed by atoms with Gasteiger partial charge in [-0.15, -0.1) is 12.8 Å². The number of nitrogens with zero attached hydrogens (tertiary/aromatic N) is 20. The Labute approximate surface area is 569 Å². The predicted octanol–water partition coefficient (Wildman–Crippen LogP) is -4.73. The highest BCUT2D eigenvalue weighted by atomic mass is 19.2. The van der Waals surface area contributed by atoms with Crippen molar-refractivity contribution in [2.75, 3.05) is 38.8 Å². The van der Waals surface area contributed by atoms with Gasteiger partial charge in [-0.2, -0.15) is 23.1 Å². The molecule has 20 atom stereocenters. The number of nitrogens with two attached hydrogens (primary N) is 1. The number of aromatic nitrogens is 14. The zero-order valence-electron chi connectivity index (χ0n) is 51.8. The highest BCUT2D eigenvalue weighted by Gasteiger charge is 2.60. The molecule has 562 valence electrons. The molecule has 15 N–H and O–H groups in total. The van der Waals surface area contributed by atoms with Gasteiger partial charge in [0.1, 0.15) is 36.8 Å². The summed E-state index contributed by atoms with van der Waals surface area (Å²) >= 11 is 0. The van der Waals surface area contributed by atoms with Crippen molar-refractivity contribution in [2.24, 2.45) is 15.3 Å². The third kappa shape index (κ3) is 14.5. The zero-order chi connectivity index (χ0) is 77.7. The molecule has 0 saturated carbocycles. The second kappa shape index (κ2) is 31.4. The molecule has 0 aromatic carbocycles. The van der Waals surface area contributed by atoms with Gasteiger partial charge in [0.2, 0.25) is 34.9 Å². The number of ether oxygens (including phenoxy) is 5. The molecule has 5 saturated heterocycles. The summed E-state index contributed by atoms with van der Waals surface area (Å²) in [6, 6.07) is 0.955. The van der Waals surface area contributed by atoms with Crippen LogP contribution in [0.1, 0.15) is 31.1 Å². The number of hydrogen-bond donors (Lipinski definition) is 14. The SMILES string of the molecule is C#CC1(CO)OC(n2cnc3c(F)[nH]c(=O)nc32)C(F)C1O.C#CC1(CO)OC(n2cnc3c(F)ncnc32)C(F)C1O.[N-]=[N+]=NC1(CO)OC(n2cc(F)c(=O)[nH]c2=O)C(F)C1O.[N-]=[N+]=NC1(CO)OC(n2cc(F)c(N)nc2=O)C(F)C1O.[N-]=[N+]=NC1(CO)OC(n2ccc(=O)[nH]c2=O)C(F)C1O. The summed E-state index contributed by atoms with van der Waals surface area (Å²) in [7, 11) is 0. The largest absolute Gasteiger partial charge is 0.393 e. The average molecular weight is 1510 g/mol. The first kappa shape index (κ1) is 79.5. The zero-order valence-corrected chi connectivity index (χ0v) is 51.8. The van der Waals surface area contributed by atoms with Gasteiger partial charge in [-0.05, 0) is 16.6 Å². The van der Waals surface area contributed by atoms with Gasteiger partial charge >= 0.3 is 22.8 Å². The van der Waals surface area contributed by atoms with Crippen molar-refractivity contribution in [3.63, 3.8) is 0 Å². The third-order valence-corrected chi connectivity index (χ3v) is 15.9. The van der Waals surface area contributed by atoms with E-state index < -0.39 is 217 Å². The summed E-state index contributed by atoms with van der Waals surface area (Å²) in [6.07, 6.45) is -13.3. The van der Waals surface area contributed by atoms with Crippen LogP contribution < -0.4 is 39.6 Å². The molecule has 12 heterocycles. The fraction of sp³-hybridized carbons (Fsp3) is 0.490. The second-order valence-corrected chi connectivity index (χ2v) is 21.9. The molecule has 54 heteroatoms. The number of aliphatic hydroxyl groups is 10.